The van der Waals surface area contributed by atoms with Gasteiger partial charge < -0.3 is 9.64 Å². The molecule has 0 unspecified atom stereocenters. The molecular formula is C16H29N5O5S. The number of ether oxygens (including phenoxy) is 1. The van der Waals surface area contributed by atoms with Gasteiger partial charge in [0.15, 0.2) is 0 Å². The Kier molecular flexibility index (Phi) is 7.18. The average Bonchev–Trinajstić information content (AvgIpc) is 2.94. The zero-order chi connectivity index (χ0) is 20.2. The molecule has 10 nitrogen and oxygen atoms in total. The Hall–Kier alpha value is -1.72. The number of methoxy groups -OCH3 is 1. The van der Waals surface area contributed by atoms with Crippen LogP contribution in [0.15, 0.2) is 4.79 Å². The molecule has 0 radical (unpaired) electrons. The molecule has 0 saturated carbocycles. The van der Waals surface area contributed by atoms with Gasteiger partial charge >= 0.3 is 5.69 Å². The third kappa shape index (κ3) is 5.17. The van der Waals surface area contributed by atoms with E-state index < -0.39 is 10.0 Å². The normalized spacial score (nSPS) is 16.3. The van der Waals surface area contributed by atoms with Crippen molar-refractivity contribution in [3.63, 3.8) is 0 Å². The molecule has 0 aromatic carbocycles. The van der Waals surface area contributed by atoms with Crippen LogP contribution in [-0.4, -0.2) is 84.5 Å². The highest BCUT2D eigenvalue weighted by Gasteiger charge is 2.29. The van der Waals surface area contributed by atoms with Crippen molar-refractivity contribution in [1.82, 2.24) is 23.6 Å². The molecule has 11 heteroatoms. The van der Waals surface area contributed by atoms with E-state index in [0.29, 0.717) is 45.6 Å². The maximum atomic E-state index is 12.4. The van der Waals surface area contributed by atoms with Gasteiger partial charge in [0, 0.05) is 39.7 Å². The summed E-state index contributed by atoms with van der Waals surface area (Å²) in [6.45, 7) is 4.15. The van der Waals surface area contributed by atoms with Gasteiger partial charge in [-0.15, -0.1) is 0 Å². The van der Waals surface area contributed by atoms with Crippen LogP contribution in [0, 0.1) is 0 Å². The number of amides is 1. The van der Waals surface area contributed by atoms with Crippen molar-refractivity contribution in [2.45, 2.75) is 38.8 Å². The number of nitrogens with zero attached hydrogens (tertiary/aromatic N) is 5. The summed E-state index contributed by atoms with van der Waals surface area (Å²) in [5.74, 6) is 0.636. The predicted molar refractivity (Wildman–Crippen MR) is 100 cm³/mol. The molecule has 154 valence electrons. The molecule has 1 aromatic heterocycles. The molecule has 1 amide bonds. The summed E-state index contributed by atoms with van der Waals surface area (Å²) in [4.78, 5) is 26.4. The van der Waals surface area contributed by atoms with E-state index >= 15 is 0 Å². The average molecular weight is 404 g/mol. The summed E-state index contributed by atoms with van der Waals surface area (Å²) in [6.07, 6.45) is 2.46. The fourth-order valence-electron chi connectivity index (χ4n) is 3.18. The number of aromatic nitrogens is 3. The van der Waals surface area contributed by atoms with E-state index in [9.17, 15) is 18.0 Å². The highest BCUT2D eigenvalue weighted by Crippen LogP contribution is 2.26. The van der Waals surface area contributed by atoms with E-state index in [1.807, 2.05) is 6.92 Å². The lowest BCUT2D eigenvalue weighted by Gasteiger charge is -2.32. The second-order valence-corrected chi connectivity index (χ2v) is 8.86. The Balaban J connectivity index is 2.03. The largest absolute Gasteiger partial charge is 0.383 e. The smallest absolute Gasteiger partial charge is 0.345 e. The van der Waals surface area contributed by atoms with Crippen molar-refractivity contribution in [2.75, 3.05) is 46.7 Å². The summed E-state index contributed by atoms with van der Waals surface area (Å²) in [5, 5.41) is 4.49. The molecule has 0 atom stereocenters. The van der Waals surface area contributed by atoms with Crippen molar-refractivity contribution in [3.8, 4) is 0 Å². The lowest BCUT2D eigenvalue weighted by molar-refractivity contribution is -0.132. The van der Waals surface area contributed by atoms with Gasteiger partial charge in [-0.3, -0.25) is 9.36 Å². The molecule has 2 heterocycles. The molecule has 1 aromatic rings. The second kappa shape index (κ2) is 8.98. The SMILES string of the molecule is CCn1c(C2CCN(C(=O)CN(C)S(C)(=O)=O)CC2)nn(CCOC)c1=O. The highest BCUT2D eigenvalue weighted by molar-refractivity contribution is 7.88. The van der Waals surface area contributed by atoms with E-state index in [1.165, 1.54) is 11.7 Å². The highest BCUT2D eigenvalue weighted by atomic mass is 32.2. The van der Waals surface area contributed by atoms with Crippen LogP contribution in [0.4, 0.5) is 0 Å². The molecule has 1 aliphatic heterocycles. The fraction of sp³-hybridized carbons (Fsp3) is 0.812. The Bertz CT molecular complexity index is 808. The Morgan fingerprint density at radius 1 is 1.33 bits per heavy atom. The van der Waals surface area contributed by atoms with Crippen LogP contribution >= 0.6 is 0 Å². The maximum Gasteiger partial charge on any atom is 0.345 e. The van der Waals surface area contributed by atoms with Gasteiger partial charge in [-0.2, -0.15) is 9.40 Å². The van der Waals surface area contributed by atoms with E-state index in [2.05, 4.69) is 5.10 Å². The lowest BCUT2D eigenvalue weighted by Crippen LogP contribution is -2.44. The third-order valence-corrected chi connectivity index (χ3v) is 6.17. The molecular weight excluding hydrogens is 374 g/mol. The summed E-state index contributed by atoms with van der Waals surface area (Å²) in [5.41, 5.74) is -0.141. The minimum atomic E-state index is -3.38. The van der Waals surface area contributed by atoms with Crippen LogP contribution in [0.2, 0.25) is 0 Å². The second-order valence-electron chi connectivity index (χ2n) is 6.78. The van der Waals surface area contributed by atoms with Crippen molar-refractivity contribution in [3.05, 3.63) is 16.3 Å². The summed E-state index contributed by atoms with van der Waals surface area (Å²) in [6, 6.07) is 0. The van der Waals surface area contributed by atoms with Crippen molar-refractivity contribution >= 4 is 15.9 Å². The number of piperidine rings is 1. The van der Waals surface area contributed by atoms with Crippen molar-refractivity contribution < 1.29 is 17.9 Å². The number of hydrogen-bond acceptors (Lipinski definition) is 6. The number of likely N-dealkylation sites (tertiary alicyclic amines) is 1. The van der Waals surface area contributed by atoms with Crippen molar-refractivity contribution in [1.29, 1.82) is 0 Å². The van der Waals surface area contributed by atoms with Gasteiger partial charge in [0.1, 0.15) is 5.82 Å². The third-order valence-electron chi connectivity index (χ3n) is 4.91. The Labute approximate surface area is 159 Å². The molecule has 1 saturated heterocycles. The minimum absolute atomic E-state index is 0.0955. The topological polar surface area (TPSA) is 107 Å². The zero-order valence-corrected chi connectivity index (χ0v) is 17.2. The van der Waals surface area contributed by atoms with E-state index in [1.54, 1.807) is 16.6 Å². The van der Waals surface area contributed by atoms with E-state index in [4.69, 9.17) is 4.74 Å². The number of rotatable bonds is 8. The van der Waals surface area contributed by atoms with Crippen molar-refractivity contribution in [2.24, 2.45) is 0 Å². The lowest BCUT2D eigenvalue weighted by atomic mass is 9.96. The number of hydrogen-bond donors (Lipinski definition) is 0. The number of carbonyl (C=O) groups is 1. The van der Waals surface area contributed by atoms with Gasteiger partial charge in [0.2, 0.25) is 15.9 Å². The first-order valence-corrected chi connectivity index (χ1v) is 10.9. The van der Waals surface area contributed by atoms with Gasteiger partial charge in [-0.1, -0.05) is 0 Å². The van der Waals surface area contributed by atoms with Crippen LogP contribution in [0.5, 0.6) is 0 Å². The first-order valence-electron chi connectivity index (χ1n) is 9.04. The van der Waals surface area contributed by atoms with E-state index in [-0.39, 0.29) is 24.1 Å². The van der Waals surface area contributed by atoms with Crippen LogP contribution in [0.3, 0.4) is 0 Å². The molecule has 2 rings (SSSR count). The number of sulfonamides is 1. The number of carbonyl (C=O) groups excluding carboxylic acids is 1. The summed E-state index contributed by atoms with van der Waals surface area (Å²) < 4.78 is 32.1. The standard InChI is InChI=1S/C16H29N5O5S/c1-5-20-15(17-21(16(20)23)10-11-26-3)13-6-8-19(9-7-13)14(22)12-18(2)27(4,24)25/h13H,5-12H2,1-4H3. The van der Waals surface area contributed by atoms with Crippen LogP contribution < -0.4 is 5.69 Å². The summed E-state index contributed by atoms with van der Waals surface area (Å²) >= 11 is 0. The molecule has 1 aliphatic rings. The molecule has 0 spiro atoms. The van der Waals surface area contributed by atoms with Gasteiger partial charge in [-0.05, 0) is 19.8 Å². The zero-order valence-electron chi connectivity index (χ0n) is 16.4. The maximum absolute atomic E-state index is 12.4. The van der Waals surface area contributed by atoms with Gasteiger partial charge in [0.25, 0.3) is 0 Å². The van der Waals surface area contributed by atoms with Crippen LogP contribution in [-0.2, 0) is 32.6 Å². The van der Waals surface area contributed by atoms with Gasteiger partial charge in [0.05, 0.1) is 26.0 Å². The first kappa shape index (κ1) is 21.6. The molecule has 0 aliphatic carbocycles. The number of likely N-dealkylation sites (N-methyl/N-ethyl adjacent to an activating group) is 1. The quantitative estimate of drug-likeness (QED) is 0.569. The molecule has 0 N–H and O–H groups in total. The fourth-order valence-corrected chi connectivity index (χ4v) is 3.52. The molecule has 0 bridgehead atoms. The van der Waals surface area contributed by atoms with Crippen LogP contribution in [0.1, 0.15) is 31.5 Å². The van der Waals surface area contributed by atoms with E-state index in [0.717, 1.165) is 16.4 Å². The predicted octanol–water partition coefficient (Wildman–Crippen LogP) is -0.691. The molecule has 1 fully saturated rings. The summed E-state index contributed by atoms with van der Waals surface area (Å²) in [7, 11) is -0.409. The monoisotopic (exact) mass is 403 g/mol. The molecule has 27 heavy (non-hydrogen) atoms. The Morgan fingerprint density at radius 2 is 1.96 bits per heavy atom. The first-order chi connectivity index (χ1) is 12.7. The van der Waals surface area contributed by atoms with Crippen LogP contribution in [0.25, 0.3) is 0 Å². The minimum Gasteiger partial charge on any atom is -0.383 e. The Morgan fingerprint density at radius 3 is 2.48 bits per heavy atom. The van der Waals surface area contributed by atoms with Gasteiger partial charge in [-0.25, -0.2) is 17.9 Å².